The molecule has 0 aromatic carbocycles. The van der Waals surface area contributed by atoms with E-state index in [9.17, 15) is 4.79 Å². The third-order valence-electron chi connectivity index (χ3n) is 0.728. The minimum atomic E-state index is 0.0694. The van der Waals surface area contributed by atoms with Crippen molar-refractivity contribution < 1.29 is 9.37 Å². The summed E-state index contributed by atoms with van der Waals surface area (Å²) < 4.78 is 1.33. The zero-order valence-electron chi connectivity index (χ0n) is 4.77. The first-order valence-corrected chi connectivity index (χ1v) is 2.25. The summed E-state index contributed by atoms with van der Waals surface area (Å²) in [6, 6.07) is 0. The normalized spacial score (nSPS) is 8.29. The van der Waals surface area contributed by atoms with Gasteiger partial charge in [-0.2, -0.15) is 4.58 Å². The lowest BCUT2D eigenvalue weighted by Gasteiger charge is -1.82. The van der Waals surface area contributed by atoms with Crippen LogP contribution in [0.3, 0.4) is 0 Å². The van der Waals surface area contributed by atoms with Gasteiger partial charge in [0, 0.05) is 0 Å². The summed E-state index contributed by atoms with van der Waals surface area (Å²) in [5.41, 5.74) is 0. The predicted molar refractivity (Wildman–Crippen MR) is 28.6 cm³/mol. The molecule has 0 saturated heterocycles. The highest BCUT2D eigenvalue weighted by molar-refractivity contribution is 5.68. The van der Waals surface area contributed by atoms with Crippen LogP contribution in [0.15, 0.2) is 0 Å². The third kappa shape index (κ3) is 2.09. The number of nitrogens with zero attached hydrogens (tertiary/aromatic N) is 1. The highest BCUT2D eigenvalue weighted by atomic mass is 16.2. The molecule has 2 heteroatoms. The van der Waals surface area contributed by atoms with Gasteiger partial charge in [0.05, 0.1) is 6.42 Å². The summed E-state index contributed by atoms with van der Waals surface area (Å²) in [5.74, 6) is 0.0694. The highest BCUT2D eigenvalue weighted by Crippen LogP contribution is 1.75. The molecular weight excluding hydrogens is 90.1 g/mol. The summed E-state index contributed by atoms with van der Waals surface area (Å²) >= 11 is 0. The molecule has 0 aliphatic carbocycles. The van der Waals surface area contributed by atoms with Crippen LogP contribution in [0.25, 0.3) is 0 Å². The monoisotopic (exact) mass is 100 g/mol. The molecule has 0 saturated carbocycles. The Morgan fingerprint density at radius 1 is 1.86 bits per heavy atom. The van der Waals surface area contributed by atoms with Crippen LogP contribution < -0.4 is 0 Å². The van der Waals surface area contributed by atoms with E-state index in [-0.39, 0.29) is 5.91 Å². The molecular formula is C5H10NO+. The summed E-state index contributed by atoms with van der Waals surface area (Å²) in [7, 11) is 1.64. The van der Waals surface area contributed by atoms with Crippen LogP contribution >= 0.6 is 0 Å². The summed E-state index contributed by atoms with van der Waals surface area (Å²) in [5, 5.41) is 0. The largest absolute Gasteiger partial charge is 0.385 e. The zero-order valence-corrected chi connectivity index (χ0v) is 4.77. The fraction of sp³-hybridized carbons (Fsp3) is 0.600. The molecule has 0 heterocycles. The van der Waals surface area contributed by atoms with Gasteiger partial charge < -0.3 is 0 Å². The van der Waals surface area contributed by atoms with Crippen molar-refractivity contribution in [3.63, 3.8) is 0 Å². The number of carbonyl (C=O) groups excluding carboxylic acids is 1. The first kappa shape index (κ1) is 6.34. The first-order valence-electron chi connectivity index (χ1n) is 2.25. The molecule has 2 nitrogen and oxygen atoms in total. The van der Waals surface area contributed by atoms with E-state index in [4.69, 9.17) is 0 Å². The second-order valence-electron chi connectivity index (χ2n) is 1.45. The number of hydrogen-bond acceptors (Lipinski definition) is 1. The Morgan fingerprint density at radius 2 is 2.29 bits per heavy atom. The lowest BCUT2D eigenvalue weighted by atomic mass is 10.5. The lowest BCUT2D eigenvalue weighted by molar-refractivity contribution is -0.410. The minimum absolute atomic E-state index is 0.0694. The van der Waals surface area contributed by atoms with E-state index >= 15 is 0 Å². The molecule has 0 aromatic heterocycles. The van der Waals surface area contributed by atoms with Gasteiger partial charge in [-0.05, 0) is 0 Å². The lowest BCUT2D eigenvalue weighted by Crippen LogP contribution is -2.11. The van der Waals surface area contributed by atoms with Crippen molar-refractivity contribution in [2.24, 2.45) is 0 Å². The van der Waals surface area contributed by atoms with Crippen molar-refractivity contribution >= 4 is 12.6 Å². The van der Waals surface area contributed by atoms with E-state index < -0.39 is 0 Å². The third-order valence-corrected chi connectivity index (χ3v) is 0.728. The molecule has 0 rings (SSSR count). The molecule has 0 radical (unpaired) electrons. The van der Waals surface area contributed by atoms with Crippen LogP contribution in [-0.2, 0) is 4.79 Å². The molecule has 0 aromatic rings. The van der Waals surface area contributed by atoms with Gasteiger partial charge in [0.25, 0.3) is 0 Å². The Morgan fingerprint density at radius 3 is 2.29 bits per heavy atom. The summed E-state index contributed by atoms with van der Waals surface area (Å²) in [6.45, 7) is 5.20. The van der Waals surface area contributed by atoms with Crippen LogP contribution in [0.1, 0.15) is 13.3 Å². The van der Waals surface area contributed by atoms with E-state index in [1.807, 2.05) is 6.92 Å². The van der Waals surface area contributed by atoms with Crippen molar-refractivity contribution in [3.05, 3.63) is 0 Å². The summed E-state index contributed by atoms with van der Waals surface area (Å²) in [4.78, 5) is 10.4. The topological polar surface area (TPSA) is 20.1 Å². The highest BCUT2D eigenvalue weighted by Gasteiger charge is 2.02. The van der Waals surface area contributed by atoms with Crippen molar-refractivity contribution in [1.29, 1.82) is 0 Å². The molecule has 0 aliphatic rings. The Balaban J connectivity index is 3.58. The molecule has 0 bridgehead atoms. The fourth-order valence-corrected chi connectivity index (χ4v) is 0.270. The SMILES string of the molecule is C=[N+](C)C(=O)CC. The Hall–Kier alpha value is -0.660. The fourth-order valence-electron chi connectivity index (χ4n) is 0.270. The molecule has 0 aliphatic heterocycles. The van der Waals surface area contributed by atoms with Crippen molar-refractivity contribution in [1.82, 2.24) is 0 Å². The van der Waals surface area contributed by atoms with Gasteiger partial charge in [-0.25, -0.2) is 4.79 Å². The molecule has 0 spiro atoms. The molecule has 0 atom stereocenters. The van der Waals surface area contributed by atoms with E-state index in [0.29, 0.717) is 6.42 Å². The number of rotatable bonds is 1. The Labute approximate surface area is 43.5 Å². The minimum Gasteiger partial charge on any atom is -0.220 e. The maximum absolute atomic E-state index is 10.4. The predicted octanol–water partition coefficient (Wildman–Crippen LogP) is 0.266. The van der Waals surface area contributed by atoms with Crippen LogP contribution in [0.2, 0.25) is 0 Å². The smallest absolute Gasteiger partial charge is 0.220 e. The molecule has 0 unspecified atom stereocenters. The molecule has 7 heavy (non-hydrogen) atoms. The number of carbonyl (C=O) groups is 1. The Bertz CT molecular complexity index is 96.3. The van der Waals surface area contributed by atoms with Crippen LogP contribution in [-0.4, -0.2) is 24.2 Å². The van der Waals surface area contributed by atoms with Crippen LogP contribution in [0.5, 0.6) is 0 Å². The van der Waals surface area contributed by atoms with E-state index in [1.54, 1.807) is 7.05 Å². The van der Waals surface area contributed by atoms with Crippen molar-refractivity contribution in [2.45, 2.75) is 13.3 Å². The second-order valence-corrected chi connectivity index (χ2v) is 1.45. The van der Waals surface area contributed by atoms with Gasteiger partial charge in [0.1, 0.15) is 13.8 Å². The molecule has 0 fully saturated rings. The van der Waals surface area contributed by atoms with Crippen LogP contribution in [0.4, 0.5) is 0 Å². The quantitative estimate of drug-likeness (QED) is 0.342. The first-order chi connectivity index (χ1) is 3.18. The number of amides is 1. The molecule has 40 valence electrons. The van der Waals surface area contributed by atoms with E-state index in [0.717, 1.165) is 0 Å². The summed E-state index contributed by atoms with van der Waals surface area (Å²) in [6.07, 6.45) is 0.542. The Kier molecular flexibility index (Phi) is 2.27. The average molecular weight is 100 g/mol. The van der Waals surface area contributed by atoms with Gasteiger partial charge in [-0.15, -0.1) is 0 Å². The standard InChI is InChI=1S/C5H10NO/c1-4-5(7)6(2)3/h2,4H2,1,3H3/q+1. The van der Waals surface area contributed by atoms with Gasteiger partial charge in [-0.1, -0.05) is 6.92 Å². The average Bonchev–Trinajstić information content (AvgIpc) is 1.65. The van der Waals surface area contributed by atoms with E-state index in [1.165, 1.54) is 4.58 Å². The maximum Gasteiger partial charge on any atom is 0.385 e. The number of hydrogen-bond donors (Lipinski definition) is 0. The van der Waals surface area contributed by atoms with Crippen molar-refractivity contribution in [3.8, 4) is 0 Å². The zero-order chi connectivity index (χ0) is 5.86. The van der Waals surface area contributed by atoms with Crippen molar-refractivity contribution in [2.75, 3.05) is 7.05 Å². The van der Waals surface area contributed by atoms with Gasteiger partial charge >= 0.3 is 5.91 Å². The van der Waals surface area contributed by atoms with E-state index in [2.05, 4.69) is 6.72 Å². The second kappa shape index (κ2) is 2.50. The molecule has 0 N–H and O–H groups in total. The maximum atomic E-state index is 10.4. The van der Waals surface area contributed by atoms with Gasteiger partial charge in [-0.3, -0.25) is 0 Å². The van der Waals surface area contributed by atoms with Crippen LogP contribution in [0, 0.1) is 0 Å². The van der Waals surface area contributed by atoms with Gasteiger partial charge in [0.15, 0.2) is 0 Å². The van der Waals surface area contributed by atoms with Gasteiger partial charge in [0.2, 0.25) is 0 Å². The molecule has 1 amide bonds.